The number of ether oxygens (including phenoxy) is 1. The van der Waals surface area contributed by atoms with E-state index in [0.29, 0.717) is 6.61 Å². The fourth-order valence-electron chi connectivity index (χ4n) is 3.59. The van der Waals surface area contributed by atoms with Gasteiger partial charge in [-0.05, 0) is 38.5 Å². The predicted molar refractivity (Wildman–Crippen MR) is 101 cm³/mol. The Morgan fingerprint density at radius 1 is 1.04 bits per heavy atom. The highest BCUT2D eigenvalue weighted by Gasteiger charge is 2.72. The number of hydrogen-bond acceptors (Lipinski definition) is 4. The van der Waals surface area contributed by atoms with Crippen LogP contribution in [0, 0.1) is 30.6 Å². The number of nitriles is 1. The topological polar surface area (TPSA) is 67.2 Å². The zero-order valence-corrected chi connectivity index (χ0v) is 16.1. The Kier molecular flexibility index (Phi) is 4.92. The molecule has 0 unspecified atom stereocenters. The molecule has 4 nitrogen and oxygen atoms in total. The van der Waals surface area contributed by atoms with Crippen molar-refractivity contribution in [3.8, 4) is 6.07 Å². The highest BCUT2D eigenvalue weighted by atomic mass is 32.2. The maximum Gasteiger partial charge on any atom is 0.183 e. The Labute approximate surface area is 155 Å². The predicted octanol–water partition coefficient (Wildman–Crippen LogP) is 3.79. The third-order valence-electron chi connectivity index (χ3n) is 5.13. The van der Waals surface area contributed by atoms with Gasteiger partial charge in [-0.1, -0.05) is 47.5 Å². The van der Waals surface area contributed by atoms with Crippen molar-refractivity contribution >= 4 is 9.84 Å². The zero-order chi connectivity index (χ0) is 18.9. The third kappa shape index (κ3) is 3.04. The summed E-state index contributed by atoms with van der Waals surface area (Å²) in [5.74, 6) is -0.383. The van der Waals surface area contributed by atoms with E-state index in [2.05, 4.69) is 6.07 Å². The molecule has 0 saturated heterocycles. The average molecular weight is 369 g/mol. The maximum atomic E-state index is 13.3. The summed E-state index contributed by atoms with van der Waals surface area (Å²) in [5, 5.41) is 9.11. The smallest absolute Gasteiger partial charge is 0.183 e. The molecule has 0 aromatic heterocycles. The number of rotatable bonds is 6. The first-order valence-corrected chi connectivity index (χ1v) is 10.3. The summed E-state index contributed by atoms with van der Waals surface area (Å²) in [6, 6.07) is 16.8. The fraction of sp³-hybridized carbons (Fsp3) is 0.381. The van der Waals surface area contributed by atoms with Gasteiger partial charge < -0.3 is 4.74 Å². The summed E-state index contributed by atoms with van der Waals surface area (Å²) >= 11 is 0. The van der Waals surface area contributed by atoms with Crippen LogP contribution in [0.5, 0.6) is 0 Å². The van der Waals surface area contributed by atoms with Gasteiger partial charge in [-0.15, -0.1) is 0 Å². The Bertz CT molecular complexity index is 927. The minimum atomic E-state index is -3.64. The molecule has 3 rings (SSSR count). The van der Waals surface area contributed by atoms with E-state index in [0.717, 1.165) is 16.7 Å². The number of sulfone groups is 1. The van der Waals surface area contributed by atoms with Gasteiger partial charge in [-0.3, -0.25) is 0 Å². The van der Waals surface area contributed by atoms with Gasteiger partial charge >= 0.3 is 0 Å². The lowest BCUT2D eigenvalue weighted by Crippen LogP contribution is -2.19. The Balaban J connectivity index is 2.05. The molecule has 1 saturated carbocycles. The molecule has 3 atom stereocenters. The second-order valence-electron chi connectivity index (χ2n) is 6.96. The van der Waals surface area contributed by atoms with Crippen molar-refractivity contribution in [3.63, 3.8) is 0 Å². The summed E-state index contributed by atoms with van der Waals surface area (Å²) in [6.45, 7) is 6.31. The first kappa shape index (κ1) is 18.6. The third-order valence-corrected chi connectivity index (χ3v) is 7.42. The van der Waals surface area contributed by atoms with Crippen LogP contribution in [0.3, 0.4) is 0 Å². The van der Waals surface area contributed by atoms with Gasteiger partial charge in [0.05, 0.1) is 22.8 Å². The largest absolute Gasteiger partial charge is 0.380 e. The van der Waals surface area contributed by atoms with Crippen LogP contribution in [0.1, 0.15) is 29.5 Å². The van der Waals surface area contributed by atoms with E-state index in [9.17, 15) is 13.7 Å². The molecule has 0 radical (unpaired) electrons. The van der Waals surface area contributed by atoms with E-state index < -0.39 is 20.5 Å². The molecule has 2 aromatic rings. The Morgan fingerprint density at radius 3 is 2.08 bits per heavy atom. The number of aryl methyl sites for hydroxylation is 2. The first-order chi connectivity index (χ1) is 12.4. The molecule has 0 N–H and O–H groups in total. The number of benzene rings is 2. The lowest BCUT2D eigenvalue weighted by Gasteiger charge is -2.10. The van der Waals surface area contributed by atoms with Gasteiger partial charge in [0, 0.05) is 12.5 Å². The highest BCUT2D eigenvalue weighted by molar-refractivity contribution is 7.92. The fourth-order valence-corrected chi connectivity index (χ4v) is 5.90. The van der Waals surface area contributed by atoms with E-state index in [1.165, 1.54) is 0 Å². The molecule has 2 aromatic carbocycles. The summed E-state index contributed by atoms with van der Waals surface area (Å²) < 4.78 is 32.1. The lowest BCUT2D eigenvalue weighted by atomic mass is 10.0. The van der Waals surface area contributed by atoms with Crippen LogP contribution in [0.15, 0.2) is 53.4 Å². The monoisotopic (exact) mass is 369 g/mol. The summed E-state index contributed by atoms with van der Waals surface area (Å²) in [5.41, 5.74) is 1.92. The molecule has 1 aliphatic carbocycles. The van der Waals surface area contributed by atoms with Crippen molar-refractivity contribution in [3.05, 3.63) is 65.2 Å². The van der Waals surface area contributed by atoms with Gasteiger partial charge in [0.2, 0.25) is 0 Å². The molecule has 26 heavy (non-hydrogen) atoms. The van der Waals surface area contributed by atoms with Gasteiger partial charge in [-0.2, -0.15) is 5.26 Å². The quantitative estimate of drug-likeness (QED) is 0.777. The second kappa shape index (κ2) is 6.86. The van der Waals surface area contributed by atoms with E-state index in [1.807, 2.05) is 45.0 Å². The minimum absolute atomic E-state index is 0.119. The van der Waals surface area contributed by atoms with Crippen LogP contribution in [-0.4, -0.2) is 26.9 Å². The number of nitrogens with zero attached hydrogens (tertiary/aromatic N) is 1. The Morgan fingerprint density at radius 2 is 1.58 bits per heavy atom. The molecular formula is C21H23NO3S. The maximum absolute atomic E-state index is 13.3. The van der Waals surface area contributed by atoms with E-state index in [1.54, 1.807) is 24.3 Å². The van der Waals surface area contributed by atoms with Crippen molar-refractivity contribution < 1.29 is 13.2 Å². The van der Waals surface area contributed by atoms with Crippen LogP contribution in [0.25, 0.3) is 0 Å². The van der Waals surface area contributed by atoms with E-state index >= 15 is 0 Å². The van der Waals surface area contributed by atoms with Gasteiger partial charge in [0.15, 0.2) is 9.84 Å². The summed E-state index contributed by atoms with van der Waals surface area (Å²) in [6.07, 6.45) is 0. The molecular weight excluding hydrogens is 346 g/mol. The van der Waals surface area contributed by atoms with E-state index in [4.69, 9.17) is 4.74 Å². The van der Waals surface area contributed by atoms with Crippen LogP contribution in [0.4, 0.5) is 0 Å². The number of hydrogen-bond donors (Lipinski definition) is 0. The molecule has 0 aliphatic heterocycles. The highest BCUT2D eigenvalue weighted by Crippen LogP contribution is 2.63. The van der Waals surface area contributed by atoms with Crippen molar-refractivity contribution in [1.82, 2.24) is 0 Å². The molecule has 1 fully saturated rings. The van der Waals surface area contributed by atoms with Crippen LogP contribution in [0.2, 0.25) is 0 Å². The average Bonchev–Trinajstić information content (AvgIpc) is 3.31. The Hall–Kier alpha value is -2.16. The van der Waals surface area contributed by atoms with Crippen molar-refractivity contribution in [2.75, 3.05) is 13.2 Å². The van der Waals surface area contributed by atoms with Gasteiger partial charge in [0.1, 0.15) is 5.41 Å². The summed E-state index contributed by atoms with van der Waals surface area (Å²) in [7, 11) is -3.64. The zero-order valence-electron chi connectivity index (χ0n) is 15.3. The molecule has 5 heteroatoms. The standard InChI is InChI=1S/C21H23NO3S/c1-4-25-14-21(13-22)19(17-9-5-15(2)6-10-17)20(21)26(23,24)18-11-7-16(3)8-12-18/h5-12,19-20H,4,14H2,1-3H3/t19-,20-,21+/m0/s1. The van der Waals surface area contributed by atoms with Crippen molar-refractivity contribution in [1.29, 1.82) is 5.26 Å². The normalized spacial score (nSPS) is 24.8. The minimum Gasteiger partial charge on any atom is -0.380 e. The van der Waals surface area contributed by atoms with Crippen molar-refractivity contribution in [2.24, 2.45) is 5.41 Å². The lowest BCUT2D eigenvalue weighted by molar-refractivity contribution is 0.117. The van der Waals surface area contributed by atoms with E-state index in [-0.39, 0.29) is 17.4 Å². The van der Waals surface area contributed by atoms with Crippen LogP contribution in [-0.2, 0) is 14.6 Å². The van der Waals surface area contributed by atoms with Crippen LogP contribution >= 0.6 is 0 Å². The second-order valence-corrected chi connectivity index (χ2v) is 9.03. The van der Waals surface area contributed by atoms with Gasteiger partial charge in [0.25, 0.3) is 0 Å². The molecule has 0 amide bonds. The van der Waals surface area contributed by atoms with Gasteiger partial charge in [-0.25, -0.2) is 8.42 Å². The van der Waals surface area contributed by atoms with Crippen LogP contribution < -0.4 is 0 Å². The van der Waals surface area contributed by atoms with Crippen molar-refractivity contribution in [2.45, 2.75) is 36.8 Å². The molecule has 0 bridgehead atoms. The molecule has 136 valence electrons. The SMILES string of the molecule is CCOC[C@]1(C#N)[C@@H](c2ccc(C)cc2)[C@@H]1S(=O)(=O)c1ccc(C)cc1. The first-order valence-electron chi connectivity index (χ1n) is 8.73. The molecule has 0 spiro atoms. The molecule has 1 aliphatic rings. The summed E-state index contributed by atoms with van der Waals surface area (Å²) in [4.78, 5) is 0.263. The molecule has 0 heterocycles.